The van der Waals surface area contributed by atoms with Crippen molar-refractivity contribution in [1.82, 2.24) is 19.9 Å². The number of pyridine rings is 2. The lowest BCUT2D eigenvalue weighted by Gasteiger charge is -2.29. The second-order valence-electron chi connectivity index (χ2n) is 7.21. The maximum Gasteiger partial charge on any atom is 0.174 e. The van der Waals surface area contributed by atoms with E-state index in [9.17, 15) is 0 Å². The largest absolute Gasteiger partial charge is 0.497 e. The van der Waals surface area contributed by atoms with Crippen molar-refractivity contribution < 1.29 is 4.74 Å². The minimum absolute atomic E-state index is 0.106. The molecule has 1 aliphatic rings. The van der Waals surface area contributed by atoms with Gasteiger partial charge in [-0.15, -0.1) is 0 Å². The van der Waals surface area contributed by atoms with Crippen LogP contribution in [-0.4, -0.2) is 26.8 Å². The van der Waals surface area contributed by atoms with Gasteiger partial charge < -0.3 is 19.5 Å². The summed E-state index contributed by atoms with van der Waals surface area (Å²) in [5, 5.41) is 4.16. The second kappa shape index (κ2) is 8.20. The van der Waals surface area contributed by atoms with Gasteiger partial charge >= 0.3 is 0 Å². The minimum atomic E-state index is -0.110. The first-order valence-electron chi connectivity index (χ1n) is 9.98. The first-order chi connectivity index (χ1) is 15.3. The fourth-order valence-corrected chi connectivity index (χ4v) is 4.39. The molecule has 1 aromatic carbocycles. The highest BCUT2D eigenvalue weighted by Crippen LogP contribution is 2.42. The lowest BCUT2D eigenvalue weighted by molar-refractivity contribution is 0.415. The SMILES string of the molecule is COc1ccc(N2C(=S)N[C@H](c3ccccn3)[C@@H]2c2cccn2-c2cccnc2)cc1. The molecule has 0 saturated carbocycles. The number of nitrogens with one attached hydrogen (secondary N) is 1. The fraction of sp³-hybridized carbons (Fsp3) is 0.125. The highest BCUT2D eigenvalue weighted by atomic mass is 32.1. The number of anilines is 1. The number of methoxy groups -OCH3 is 1. The van der Waals surface area contributed by atoms with Gasteiger partial charge in [0.1, 0.15) is 11.8 Å². The Kier molecular flexibility index (Phi) is 5.09. The lowest BCUT2D eigenvalue weighted by atomic mass is 10.0. The summed E-state index contributed by atoms with van der Waals surface area (Å²) >= 11 is 5.81. The molecule has 0 aliphatic carbocycles. The zero-order chi connectivity index (χ0) is 21.2. The van der Waals surface area contributed by atoms with Crippen molar-refractivity contribution in [2.24, 2.45) is 0 Å². The quantitative estimate of drug-likeness (QED) is 0.475. The molecular weight excluding hydrogens is 406 g/mol. The van der Waals surface area contributed by atoms with E-state index in [0.29, 0.717) is 5.11 Å². The number of thiocarbonyl (C=S) groups is 1. The molecule has 0 radical (unpaired) electrons. The van der Waals surface area contributed by atoms with Crippen LogP contribution in [0.2, 0.25) is 0 Å². The summed E-state index contributed by atoms with van der Waals surface area (Å²) in [7, 11) is 1.66. The van der Waals surface area contributed by atoms with Crippen LogP contribution in [0, 0.1) is 0 Å². The third-order valence-corrected chi connectivity index (χ3v) is 5.77. The molecule has 0 amide bonds. The van der Waals surface area contributed by atoms with Crippen LogP contribution in [0.15, 0.2) is 91.5 Å². The van der Waals surface area contributed by atoms with Gasteiger partial charge in [0, 0.05) is 30.0 Å². The molecule has 6 nitrogen and oxygen atoms in total. The van der Waals surface area contributed by atoms with Crippen molar-refractivity contribution in [3.63, 3.8) is 0 Å². The molecule has 1 fully saturated rings. The molecule has 0 spiro atoms. The zero-order valence-corrected chi connectivity index (χ0v) is 17.7. The van der Waals surface area contributed by atoms with E-state index in [0.717, 1.165) is 28.5 Å². The number of benzene rings is 1. The number of rotatable bonds is 5. The van der Waals surface area contributed by atoms with E-state index in [1.807, 2.05) is 73.1 Å². The lowest BCUT2D eigenvalue weighted by Crippen LogP contribution is -2.30. The first kappa shape index (κ1) is 19.3. The summed E-state index contributed by atoms with van der Waals surface area (Å²) in [4.78, 5) is 11.1. The van der Waals surface area contributed by atoms with E-state index in [-0.39, 0.29) is 12.1 Å². The predicted octanol–water partition coefficient (Wildman–Crippen LogP) is 4.45. The maximum atomic E-state index is 5.81. The van der Waals surface area contributed by atoms with Gasteiger partial charge in [-0.05, 0) is 72.9 Å². The molecule has 5 rings (SSSR count). The van der Waals surface area contributed by atoms with Gasteiger partial charge in [0.2, 0.25) is 0 Å². The first-order valence-corrected chi connectivity index (χ1v) is 10.4. The molecule has 0 bridgehead atoms. The Labute approximate surface area is 186 Å². The molecule has 154 valence electrons. The summed E-state index contributed by atoms with van der Waals surface area (Å²) in [6.07, 6.45) is 7.50. The average molecular weight is 428 g/mol. The van der Waals surface area contributed by atoms with Crippen molar-refractivity contribution in [3.8, 4) is 11.4 Å². The van der Waals surface area contributed by atoms with Crippen molar-refractivity contribution >= 4 is 23.0 Å². The van der Waals surface area contributed by atoms with Gasteiger partial charge in [0.15, 0.2) is 5.11 Å². The Bertz CT molecular complexity index is 1180. The Morgan fingerprint density at radius 3 is 2.52 bits per heavy atom. The molecule has 3 aromatic heterocycles. The van der Waals surface area contributed by atoms with Crippen molar-refractivity contribution in [2.75, 3.05) is 12.0 Å². The van der Waals surface area contributed by atoms with E-state index in [2.05, 4.69) is 37.0 Å². The smallest absolute Gasteiger partial charge is 0.174 e. The van der Waals surface area contributed by atoms with Crippen LogP contribution in [0.25, 0.3) is 5.69 Å². The molecule has 31 heavy (non-hydrogen) atoms. The molecule has 4 heterocycles. The highest BCUT2D eigenvalue weighted by molar-refractivity contribution is 7.80. The van der Waals surface area contributed by atoms with Crippen molar-refractivity contribution in [2.45, 2.75) is 12.1 Å². The average Bonchev–Trinajstić information content (AvgIpc) is 3.44. The fourth-order valence-electron chi connectivity index (χ4n) is 4.04. The number of ether oxygens (including phenoxy) is 1. The van der Waals surface area contributed by atoms with Crippen LogP contribution in [0.3, 0.4) is 0 Å². The molecule has 1 saturated heterocycles. The van der Waals surface area contributed by atoms with E-state index in [4.69, 9.17) is 17.0 Å². The summed E-state index contributed by atoms with van der Waals surface area (Å²) < 4.78 is 7.49. The summed E-state index contributed by atoms with van der Waals surface area (Å²) in [5.74, 6) is 0.804. The summed E-state index contributed by atoms with van der Waals surface area (Å²) in [6.45, 7) is 0. The van der Waals surface area contributed by atoms with E-state index >= 15 is 0 Å². The van der Waals surface area contributed by atoms with E-state index in [1.165, 1.54) is 0 Å². The van der Waals surface area contributed by atoms with Gasteiger partial charge in [0.05, 0.1) is 30.7 Å². The maximum absolute atomic E-state index is 5.81. The van der Waals surface area contributed by atoms with Gasteiger partial charge in [-0.2, -0.15) is 0 Å². The molecule has 0 unspecified atom stereocenters. The number of aromatic nitrogens is 3. The normalized spacial score (nSPS) is 18.1. The second-order valence-corrected chi connectivity index (χ2v) is 7.60. The standard InChI is InChI=1S/C24H21N5OS/c1-30-19-11-9-17(10-12-19)29-23(22(27-24(29)31)20-7-2-3-14-26-20)21-8-5-15-28(21)18-6-4-13-25-16-18/h2-16,22-23H,1H3,(H,27,31)/t22-,23+/m1/s1. The molecule has 2 atom stereocenters. The van der Waals surface area contributed by atoms with Crippen LogP contribution in [0.5, 0.6) is 5.75 Å². The molecule has 4 aromatic rings. The molecular formula is C24H21N5OS. The molecule has 7 heteroatoms. The van der Waals surface area contributed by atoms with E-state index in [1.54, 1.807) is 13.3 Å². The molecule has 1 N–H and O–H groups in total. The van der Waals surface area contributed by atoms with Crippen LogP contribution in [-0.2, 0) is 0 Å². The summed E-state index contributed by atoms with van der Waals surface area (Å²) in [5.41, 5.74) is 4.01. The Morgan fingerprint density at radius 1 is 0.935 bits per heavy atom. The summed E-state index contributed by atoms with van der Waals surface area (Å²) in [6, 6.07) is 21.8. The molecule has 1 aliphatic heterocycles. The van der Waals surface area contributed by atoms with Crippen LogP contribution < -0.4 is 15.0 Å². The van der Waals surface area contributed by atoms with Crippen LogP contribution in [0.4, 0.5) is 5.69 Å². The van der Waals surface area contributed by atoms with Crippen LogP contribution in [0.1, 0.15) is 23.5 Å². The van der Waals surface area contributed by atoms with Gasteiger partial charge in [-0.1, -0.05) is 6.07 Å². The van der Waals surface area contributed by atoms with Crippen molar-refractivity contribution in [1.29, 1.82) is 0 Å². The van der Waals surface area contributed by atoms with Gasteiger partial charge in [-0.3, -0.25) is 9.97 Å². The Morgan fingerprint density at radius 2 is 1.81 bits per heavy atom. The predicted molar refractivity (Wildman–Crippen MR) is 124 cm³/mol. The Hall–Kier alpha value is -3.71. The highest BCUT2D eigenvalue weighted by Gasteiger charge is 2.42. The topological polar surface area (TPSA) is 55.2 Å². The number of hydrogen-bond donors (Lipinski definition) is 1. The number of nitrogens with zero attached hydrogens (tertiary/aromatic N) is 4. The van der Waals surface area contributed by atoms with Gasteiger partial charge in [0.25, 0.3) is 0 Å². The van der Waals surface area contributed by atoms with E-state index < -0.39 is 0 Å². The minimum Gasteiger partial charge on any atom is -0.497 e. The Balaban J connectivity index is 1.65. The van der Waals surface area contributed by atoms with Crippen molar-refractivity contribution in [3.05, 3.63) is 103 Å². The zero-order valence-electron chi connectivity index (χ0n) is 16.9. The third-order valence-electron chi connectivity index (χ3n) is 5.46. The third kappa shape index (κ3) is 3.53. The number of hydrogen-bond acceptors (Lipinski definition) is 4. The van der Waals surface area contributed by atoms with Gasteiger partial charge in [-0.25, -0.2) is 0 Å². The van der Waals surface area contributed by atoms with Crippen LogP contribution >= 0.6 is 12.2 Å². The monoisotopic (exact) mass is 427 g/mol.